The number of rotatable bonds is 0. The molecule has 0 aromatic heterocycles. The van der Waals surface area contributed by atoms with Gasteiger partial charge < -0.3 is 10.6 Å². The summed E-state index contributed by atoms with van der Waals surface area (Å²) in [6, 6.07) is 5.88. The fraction of sp³-hybridized carbons (Fsp3) is 0.462. The van der Waals surface area contributed by atoms with Crippen molar-refractivity contribution in [1.82, 2.24) is 0 Å². The molecule has 3 rings (SSSR count). The number of carbonyl (C=O) groups is 1. The van der Waals surface area contributed by atoms with Crippen molar-refractivity contribution in [2.45, 2.75) is 25.7 Å². The molecule has 4 heteroatoms. The van der Waals surface area contributed by atoms with Crippen LogP contribution < -0.4 is 10.6 Å². The fourth-order valence-electron chi connectivity index (χ4n) is 2.86. The first kappa shape index (κ1) is 11.1. The Morgan fingerprint density at radius 3 is 2.76 bits per heavy atom. The van der Waals surface area contributed by atoms with Crippen molar-refractivity contribution in [2.75, 3.05) is 17.2 Å². The minimum absolute atomic E-state index is 0.180. The molecule has 0 atom stereocenters. The van der Waals surface area contributed by atoms with Gasteiger partial charge in [0.25, 0.3) is 0 Å². The van der Waals surface area contributed by atoms with Crippen molar-refractivity contribution < 1.29 is 4.79 Å². The molecule has 17 heavy (non-hydrogen) atoms. The van der Waals surface area contributed by atoms with Crippen LogP contribution >= 0.6 is 15.9 Å². The second-order valence-electron chi connectivity index (χ2n) is 4.96. The average molecular weight is 295 g/mol. The van der Waals surface area contributed by atoms with E-state index in [-0.39, 0.29) is 11.3 Å². The standard InChI is InChI=1S/C13H15BrN2O/c14-9-4-3-5-10-11(9)15-8-13(12(17)16-10)6-1-2-7-13/h3-5,15H,1-2,6-8H2,(H,16,17). The van der Waals surface area contributed by atoms with Gasteiger partial charge in [-0.3, -0.25) is 4.79 Å². The predicted octanol–water partition coefficient (Wildman–Crippen LogP) is 3.37. The van der Waals surface area contributed by atoms with Crippen molar-refractivity contribution in [3.63, 3.8) is 0 Å². The molecule has 1 spiro atoms. The van der Waals surface area contributed by atoms with Crippen LogP contribution in [0.3, 0.4) is 0 Å². The maximum atomic E-state index is 12.3. The first-order valence-electron chi connectivity index (χ1n) is 6.05. The van der Waals surface area contributed by atoms with E-state index in [0.29, 0.717) is 0 Å². The molecule has 1 aliphatic carbocycles. The number of anilines is 2. The van der Waals surface area contributed by atoms with Gasteiger partial charge in [-0.2, -0.15) is 0 Å². The molecule has 1 aliphatic heterocycles. The molecule has 2 aliphatic rings. The number of amides is 1. The number of carbonyl (C=O) groups excluding carboxylic acids is 1. The summed E-state index contributed by atoms with van der Waals surface area (Å²) < 4.78 is 1.00. The lowest BCUT2D eigenvalue weighted by atomic mass is 9.85. The highest BCUT2D eigenvalue weighted by molar-refractivity contribution is 9.10. The summed E-state index contributed by atoms with van der Waals surface area (Å²) >= 11 is 3.52. The molecular formula is C13H15BrN2O. The Morgan fingerprint density at radius 2 is 2.00 bits per heavy atom. The molecule has 3 nitrogen and oxygen atoms in total. The van der Waals surface area contributed by atoms with Crippen molar-refractivity contribution in [3.05, 3.63) is 22.7 Å². The molecule has 0 bridgehead atoms. The summed E-state index contributed by atoms with van der Waals surface area (Å²) in [6.45, 7) is 0.744. The lowest BCUT2D eigenvalue weighted by Crippen LogP contribution is -2.37. The zero-order valence-corrected chi connectivity index (χ0v) is 11.1. The normalized spacial score (nSPS) is 21.6. The van der Waals surface area contributed by atoms with E-state index >= 15 is 0 Å². The first-order valence-corrected chi connectivity index (χ1v) is 6.84. The second-order valence-corrected chi connectivity index (χ2v) is 5.81. The Hall–Kier alpha value is -1.03. The van der Waals surface area contributed by atoms with Gasteiger partial charge in [-0.25, -0.2) is 0 Å². The molecule has 90 valence electrons. The van der Waals surface area contributed by atoms with Crippen molar-refractivity contribution in [2.24, 2.45) is 5.41 Å². The van der Waals surface area contributed by atoms with E-state index in [9.17, 15) is 4.79 Å². The number of hydrogen-bond donors (Lipinski definition) is 2. The average Bonchev–Trinajstić information content (AvgIpc) is 2.72. The lowest BCUT2D eigenvalue weighted by molar-refractivity contribution is -0.124. The van der Waals surface area contributed by atoms with Gasteiger partial charge >= 0.3 is 0 Å². The van der Waals surface area contributed by atoms with E-state index in [1.165, 1.54) is 0 Å². The van der Waals surface area contributed by atoms with Gasteiger partial charge in [0.15, 0.2) is 0 Å². The van der Waals surface area contributed by atoms with E-state index in [1.54, 1.807) is 0 Å². The molecule has 1 saturated carbocycles. The quantitative estimate of drug-likeness (QED) is 0.770. The maximum absolute atomic E-state index is 12.3. The van der Waals surface area contributed by atoms with Crippen LogP contribution in [0.15, 0.2) is 22.7 Å². The van der Waals surface area contributed by atoms with Gasteiger partial charge in [-0.05, 0) is 40.9 Å². The van der Waals surface area contributed by atoms with E-state index in [0.717, 1.165) is 48.1 Å². The number of nitrogens with one attached hydrogen (secondary N) is 2. The lowest BCUT2D eigenvalue weighted by Gasteiger charge is -2.24. The SMILES string of the molecule is O=C1Nc2cccc(Br)c2NCC12CCCC2. The molecule has 0 radical (unpaired) electrons. The molecule has 1 aromatic rings. The summed E-state index contributed by atoms with van der Waals surface area (Å²) in [7, 11) is 0. The van der Waals surface area contributed by atoms with Crippen molar-refractivity contribution in [1.29, 1.82) is 0 Å². The molecular weight excluding hydrogens is 280 g/mol. The summed E-state index contributed by atoms with van der Waals surface area (Å²) in [5.74, 6) is 0.180. The highest BCUT2D eigenvalue weighted by Crippen LogP contribution is 2.43. The topological polar surface area (TPSA) is 41.1 Å². The van der Waals surface area contributed by atoms with E-state index in [1.807, 2.05) is 18.2 Å². The second kappa shape index (κ2) is 4.02. The first-order chi connectivity index (χ1) is 8.21. The highest BCUT2D eigenvalue weighted by atomic mass is 79.9. The van der Waals surface area contributed by atoms with Gasteiger partial charge in [-0.15, -0.1) is 0 Å². The number of benzene rings is 1. The van der Waals surface area contributed by atoms with Crippen LogP contribution in [0.25, 0.3) is 0 Å². The van der Waals surface area contributed by atoms with E-state index < -0.39 is 0 Å². The molecule has 1 heterocycles. The van der Waals surface area contributed by atoms with Crippen LogP contribution in [0.2, 0.25) is 0 Å². The number of para-hydroxylation sites is 1. The summed E-state index contributed by atoms with van der Waals surface area (Å²) in [5, 5.41) is 6.49. The fourth-order valence-corrected chi connectivity index (χ4v) is 3.36. The van der Waals surface area contributed by atoms with Gasteiger partial charge in [0.05, 0.1) is 16.8 Å². The van der Waals surface area contributed by atoms with Crippen LogP contribution in [0.1, 0.15) is 25.7 Å². The summed E-state index contributed by atoms with van der Waals surface area (Å²) in [4.78, 5) is 12.3. The van der Waals surface area contributed by atoms with Crippen LogP contribution in [0.5, 0.6) is 0 Å². The van der Waals surface area contributed by atoms with E-state index in [4.69, 9.17) is 0 Å². The van der Waals surface area contributed by atoms with Crippen molar-refractivity contribution in [3.8, 4) is 0 Å². The zero-order valence-electron chi connectivity index (χ0n) is 9.55. The minimum Gasteiger partial charge on any atom is -0.381 e. The third kappa shape index (κ3) is 1.75. The molecule has 0 unspecified atom stereocenters. The van der Waals surface area contributed by atoms with Crippen molar-refractivity contribution >= 4 is 33.2 Å². The Kier molecular flexibility index (Phi) is 2.62. The van der Waals surface area contributed by atoms with Gasteiger partial charge in [0.1, 0.15) is 0 Å². The Balaban J connectivity index is 1.99. The number of fused-ring (bicyclic) bond motifs is 1. The van der Waals surface area contributed by atoms with Gasteiger partial charge in [0, 0.05) is 11.0 Å². The molecule has 1 aromatic carbocycles. The van der Waals surface area contributed by atoms with Crippen LogP contribution in [0.4, 0.5) is 11.4 Å². The van der Waals surface area contributed by atoms with E-state index in [2.05, 4.69) is 26.6 Å². The molecule has 2 N–H and O–H groups in total. The smallest absolute Gasteiger partial charge is 0.232 e. The summed E-state index contributed by atoms with van der Waals surface area (Å²) in [6.07, 6.45) is 4.31. The van der Waals surface area contributed by atoms with Crippen LogP contribution in [-0.2, 0) is 4.79 Å². The number of halogens is 1. The zero-order chi connectivity index (χ0) is 11.9. The van der Waals surface area contributed by atoms with Gasteiger partial charge in [0.2, 0.25) is 5.91 Å². The molecule has 1 fully saturated rings. The third-order valence-electron chi connectivity index (χ3n) is 3.91. The minimum atomic E-state index is -0.196. The Bertz CT molecular complexity index is 466. The van der Waals surface area contributed by atoms with Gasteiger partial charge in [-0.1, -0.05) is 18.9 Å². The Morgan fingerprint density at radius 1 is 1.24 bits per heavy atom. The Labute approximate surface area is 109 Å². The maximum Gasteiger partial charge on any atom is 0.232 e. The predicted molar refractivity (Wildman–Crippen MR) is 72.2 cm³/mol. The summed E-state index contributed by atoms with van der Waals surface area (Å²) in [5.41, 5.74) is 1.69. The van der Waals surface area contributed by atoms with Crippen LogP contribution in [-0.4, -0.2) is 12.5 Å². The largest absolute Gasteiger partial charge is 0.381 e. The highest BCUT2D eigenvalue weighted by Gasteiger charge is 2.42. The molecule has 1 amide bonds. The van der Waals surface area contributed by atoms with Crippen LogP contribution in [0, 0.1) is 5.41 Å². The molecule has 0 saturated heterocycles. The third-order valence-corrected chi connectivity index (χ3v) is 4.57. The monoisotopic (exact) mass is 294 g/mol. The number of hydrogen-bond acceptors (Lipinski definition) is 2.